The van der Waals surface area contributed by atoms with Crippen LogP contribution in [0.1, 0.15) is 37.7 Å². The van der Waals surface area contributed by atoms with Crippen LogP contribution >= 0.6 is 15.9 Å². The Morgan fingerprint density at radius 1 is 1.30 bits per heavy atom. The van der Waals surface area contributed by atoms with E-state index in [9.17, 15) is 9.50 Å². The highest BCUT2D eigenvalue weighted by atomic mass is 79.9. The predicted molar refractivity (Wildman–Crippen MR) is 79.8 cm³/mol. The van der Waals surface area contributed by atoms with Crippen molar-refractivity contribution in [2.45, 2.75) is 44.1 Å². The van der Waals surface area contributed by atoms with Crippen LogP contribution in [0.2, 0.25) is 0 Å². The fourth-order valence-electron chi connectivity index (χ4n) is 5.45. The maximum Gasteiger partial charge on any atom is 0.126 e. The van der Waals surface area contributed by atoms with Gasteiger partial charge < -0.3 is 5.11 Å². The van der Waals surface area contributed by atoms with Crippen LogP contribution in [-0.2, 0) is 6.42 Å². The Labute approximate surface area is 127 Å². The van der Waals surface area contributed by atoms with Crippen LogP contribution in [-0.4, -0.2) is 10.7 Å². The van der Waals surface area contributed by atoms with Crippen molar-refractivity contribution in [2.24, 2.45) is 23.7 Å². The van der Waals surface area contributed by atoms with Crippen molar-refractivity contribution in [1.29, 1.82) is 0 Å². The highest BCUT2D eigenvalue weighted by molar-refractivity contribution is 9.10. The van der Waals surface area contributed by atoms with E-state index < -0.39 is 5.60 Å². The van der Waals surface area contributed by atoms with Gasteiger partial charge in [0.25, 0.3) is 0 Å². The Bertz CT molecular complexity index is 546. The molecule has 0 heterocycles. The Morgan fingerprint density at radius 3 is 2.95 bits per heavy atom. The maximum atomic E-state index is 14.0. The zero-order valence-corrected chi connectivity index (χ0v) is 13.1. The lowest BCUT2D eigenvalue weighted by molar-refractivity contribution is -0.0455. The molecule has 3 aliphatic carbocycles. The first-order valence-electron chi connectivity index (χ1n) is 7.73. The van der Waals surface area contributed by atoms with Gasteiger partial charge in [0.1, 0.15) is 5.82 Å². The number of hydrogen-bond acceptors (Lipinski definition) is 1. The van der Waals surface area contributed by atoms with Crippen LogP contribution in [0.5, 0.6) is 0 Å². The first-order chi connectivity index (χ1) is 9.57. The van der Waals surface area contributed by atoms with E-state index in [4.69, 9.17) is 0 Å². The molecule has 5 atom stereocenters. The zero-order valence-electron chi connectivity index (χ0n) is 11.5. The average Bonchev–Trinajstić information content (AvgIpc) is 3.04. The number of hydrogen-bond donors (Lipinski definition) is 1. The van der Waals surface area contributed by atoms with Gasteiger partial charge in [-0.1, -0.05) is 22.4 Å². The number of fused-ring (bicyclic) bond motifs is 5. The molecule has 1 aromatic rings. The molecule has 1 aromatic carbocycles. The summed E-state index contributed by atoms with van der Waals surface area (Å²) in [6, 6.07) is 5.04. The summed E-state index contributed by atoms with van der Waals surface area (Å²) in [6.45, 7) is 0. The van der Waals surface area contributed by atoms with E-state index in [0.29, 0.717) is 29.7 Å². The standard InChI is InChI=1S/C17H20BrFO/c18-12-4-5-16(19)11(6-12)9-17(20)8-10-7-15(17)14-3-1-2-13(10)14/h4-6,10,13-15,20H,1-3,7-9H2. The van der Waals surface area contributed by atoms with Crippen LogP contribution in [0.15, 0.2) is 22.7 Å². The highest BCUT2D eigenvalue weighted by Gasteiger charge is 2.60. The second kappa shape index (κ2) is 4.54. The minimum Gasteiger partial charge on any atom is -0.389 e. The van der Waals surface area contributed by atoms with E-state index in [1.165, 1.54) is 31.7 Å². The molecule has 2 bridgehead atoms. The molecular formula is C17H20BrFO. The predicted octanol–water partition coefficient (Wildman–Crippen LogP) is 4.32. The fourth-order valence-corrected chi connectivity index (χ4v) is 5.86. The zero-order chi connectivity index (χ0) is 13.9. The van der Waals surface area contributed by atoms with Crippen molar-refractivity contribution in [3.05, 3.63) is 34.1 Å². The Morgan fingerprint density at radius 2 is 2.10 bits per heavy atom. The number of benzene rings is 1. The summed E-state index contributed by atoms with van der Waals surface area (Å²) >= 11 is 3.40. The quantitative estimate of drug-likeness (QED) is 0.851. The lowest BCUT2D eigenvalue weighted by atomic mass is 9.70. The molecule has 4 rings (SSSR count). The van der Waals surface area contributed by atoms with Crippen LogP contribution in [0.25, 0.3) is 0 Å². The first-order valence-corrected chi connectivity index (χ1v) is 8.52. The number of rotatable bonds is 2. The summed E-state index contributed by atoms with van der Waals surface area (Å²) in [4.78, 5) is 0. The van der Waals surface area contributed by atoms with E-state index in [1.54, 1.807) is 6.07 Å². The van der Waals surface area contributed by atoms with Crippen molar-refractivity contribution < 1.29 is 9.50 Å². The molecule has 3 aliphatic rings. The van der Waals surface area contributed by atoms with Gasteiger partial charge in [-0.25, -0.2) is 4.39 Å². The molecule has 0 radical (unpaired) electrons. The van der Waals surface area contributed by atoms with Gasteiger partial charge >= 0.3 is 0 Å². The summed E-state index contributed by atoms with van der Waals surface area (Å²) in [5, 5.41) is 11.1. The minimum absolute atomic E-state index is 0.188. The van der Waals surface area contributed by atoms with E-state index in [-0.39, 0.29) is 5.82 Å². The molecular weight excluding hydrogens is 319 g/mol. The van der Waals surface area contributed by atoms with Gasteiger partial charge in [-0.15, -0.1) is 0 Å². The van der Waals surface area contributed by atoms with Crippen molar-refractivity contribution in [2.75, 3.05) is 0 Å². The summed E-state index contributed by atoms with van der Waals surface area (Å²) in [5.41, 5.74) is -0.0124. The SMILES string of the molecule is OC1(Cc2cc(Br)ccc2F)CC2CC1C1CCCC21. The van der Waals surface area contributed by atoms with Gasteiger partial charge in [0.2, 0.25) is 0 Å². The monoisotopic (exact) mass is 338 g/mol. The molecule has 5 unspecified atom stereocenters. The Hall–Kier alpha value is -0.410. The molecule has 0 saturated heterocycles. The molecule has 1 N–H and O–H groups in total. The third-order valence-electron chi connectivity index (χ3n) is 6.11. The summed E-state index contributed by atoms with van der Waals surface area (Å²) in [6.07, 6.45) is 6.47. The lowest BCUT2D eigenvalue weighted by Gasteiger charge is -2.39. The largest absolute Gasteiger partial charge is 0.389 e. The van der Waals surface area contributed by atoms with Gasteiger partial charge in [0.15, 0.2) is 0 Å². The van der Waals surface area contributed by atoms with Gasteiger partial charge in [-0.2, -0.15) is 0 Å². The Kier molecular flexibility index (Phi) is 3.01. The van der Waals surface area contributed by atoms with Crippen molar-refractivity contribution in [1.82, 2.24) is 0 Å². The smallest absolute Gasteiger partial charge is 0.126 e. The second-order valence-electron chi connectivity index (χ2n) is 7.08. The van der Waals surface area contributed by atoms with Gasteiger partial charge in [0.05, 0.1) is 5.60 Å². The lowest BCUT2D eigenvalue weighted by Crippen LogP contribution is -2.43. The summed E-state index contributed by atoms with van der Waals surface area (Å²) < 4.78 is 14.9. The van der Waals surface area contributed by atoms with E-state index >= 15 is 0 Å². The number of aliphatic hydroxyl groups is 1. The van der Waals surface area contributed by atoms with E-state index in [0.717, 1.165) is 16.8 Å². The second-order valence-corrected chi connectivity index (χ2v) is 8.00. The van der Waals surface area contributed by atoms with Crippen LogP contribution in [0.3, 0.4) is 0 Å². The molecule has 3 saturated carbocycles. The van der Waals surface area contributed by atoms with Gasteiger partial charge in [-0.05, 0) is 73.1 Å². The Balaban J connectivity index is 1.61. The first kappa shape index (κ1) is 13.3. The van der Waals surface area contributed by atoms with Gasteiger partial charge in [0, 0.05) is 10.9 Å². The fraction of sp³-hybridized carbons (Fsp3) is 0.647. The third-order valence-corrected chi connectivity index (χ3v) is 6.61. The third kappa shape index (κ3) is 1.89. The van der Waals surface area contributed by atoms with E-state index in [1.807, 2.05) is 6.07 Å². The molecule has 3 heteroatoms. The average molecular weight is 339 g/mol. The normalized spacial score (nSPS) is 42.1. The van der Waals surface area contributed by atoms with Crippen molar-refractivity contribution in [3.63, 3.8) is 0 Å². The highest BCUT2D eigenvalue weighted by Crippen LogP contribution is 2.63. The topological polar surface area (TPSA) is 20.2 Å². The van der Waals surface area contributed by atoms with Crippen LogP contribution < -0.4 is 0 Å². The summed E-state index contributed by atoms with van der Waals surface area (Å²) in [5.74, 6) is 2.46. The number of halogens is 2. The van der Waals surface area contributed by atoms with Crippen molar-refractivity contribution in [3.8, 4) is 0 Å². The maximum absolute atomic E-state index is 14.0. The van der Waals surface area contributed by atoms with Crippen LogP contribution in [0, 0.1) is 29.5 Å². The van der Waals surface area contributed by atoms with Crippen LogP contribution in [0.4, 0.5) is 4.39 Å². The van der Waals surface area contributed by atoms with E-state index in [2.05, 4.69) is 15.9 Å². The molecule has 1 nitrogen and oxygen atoms in total. The van der Waals surface area contributed by atoms with Gasteiger partial charge in [-0.3, -0.25) is 0 Å². The molecule has 20 heavy (non-hydrogen) atoms. The molecule has 108 valence electrons. The summed E-state index contributed by atoms with van der Waals surface area (Å²) in [7, 11) is 0. The molecule has 0 aliphatic heterocycles. The molecule has 0 spiro atoms. The molecule has 0 amide bonds. The molecule has 3 fully saturated rings. The van der Waals surface area contributed by atoms with Crippen molar-refractivity contribution >= 4 is 15.9 Å². The minimum atomic E-state index is -0.669. The molecule has 0 aromatic heterocycles.